The predicted molar refractivity (Wildman–Crippen MR) is 131 cm³/mol. The van der Waals surface area contributed by atoms with Gasteiger partial charge in [0.05, 0.1) is 33.2 Å². The molecule has 2 aromatic carbocycles. The van der Waals surface area contributed by atoms with E-state index in [1.807, 2.05) is 31.2 Å². The van der Waals surface area contributed by atoms with Gasteiger partial charge < -0.3 is 4.98 Å². The standard InChI is InChI=1S/C25H21ClN4O2S/c1-16-4-3-10-25(2,14-16)33(31,32)30-11-9-19-18(6-7-20(26)24(19)30)13-23-28-21-8-5-17(15-27)12-22(21)29-23/h3-9,11-12,14H,10,13H2,1-2H3,(H,28,29). The van der Waals surface area contributed by atoms with E-state index in [0.29, 0.717) is 28.9 Å². The Morgan fingerprint density at radius 2 is 2.09 bits per heavy atom. The molecule has 6 nitrogen and oxygen atoms in total. The maximum Gasteiger partial charge on any atom is 0.248 e. The van der Waals surface area contributed by atoms with E-state index in [4.69, 9.17) is 16.9 Å². The zero-order valence-corrected chi connectivity index (χ0v) is 19.7. The first-order chi connectivity index (χ1) is 15.7. The predicted octanol–water partition coefficient (Wildman–Crippen LogP) is 5.48. The van der Waals surface area contributed by atoms with Crippen molar-refractivity contribution in [3.8, 4) is 6.07 Å². The molecule has 0 fully saturated rings. The molecule has 2 heterocycles. The Labute approximate surface area is 196 Å². The number of rotatable bonds is 4. The normalized spacial score (nSPS) is 18.5. The van der Waals surface area contributed by atoms with Crippen LogP contribution in [0.2, 0.25) is 5.02 Å². The summed E-state index contributed by atoms with van der Waals surface area (Å²) in [5.41, 5.74) is 4.41. The topological polar surface area (TPSA) is 91.5 Å². The van der Waals surface area contributed by atoms with E-state index in [1.165, 1.54) is 3.97 Å². The summed E-state index contributed by atoms with van der Waals surface area (Å²) in [6, 6.07) is 12.8. The Morgan fingerprint density at radius 1 is 1.27 bits per heavy atom. The number of fused-ring (bicyclic) bond motifs is 2. The molecule has 1 N–H and O–H groups in total. The van der Waals surface area contributed by atoms with Gasteiger partial charge in [0, 0.05) is 18.0 Å². The van der Waals surface area contributed by atoms with Crippen molar-refractivity contribution in [3.63, 3.8) is 0 Å². The SMILES string of the molecule is CC1=CC(C)(S(=O)(=O)n2ccc3c(Cc4nc5ccc(C#N)cc5[nH]4)ccc(Cl)c32)CC=C1. The molecule has 0 saturated carbocycles. The molecule has 0 saturated heterocycles. The van der Waals surface area contributed by atoms with E-state index < -0.39 is 14.8 Å². The van der Waals surface area contributed by atoms with Gasteiger partial charge in [-0.2, -0.15) is 5.26 Å². The van der Waals surface area contributed by atoms with E-state index in [9.17, 15) is 8.42 Å². The smallest absolute Gasteiger partial charge is 0.248 e. The van der Waals surface area contributed by atoms with Crippen molar-refractivity contribution in [2.45, 2.75) is 31.4 Å². The second kappa shape index (κ2) is 7.62. The van der Waals surface area contributed by atoms with Gasteiger partial charge in [-0.05, 0) is 56.2 Å². The molecule has 5 rings (SSSR count). The molecule has 2 aromatic heterocycles. The van der Waals surface area contributed by atoms with Gasteiger partial charge in [-0.1, -0.05) is 41.5 Å². The monoisotopic (exact) mass is 476 g/mol. The van der Waals surface area contributed by atoms with E-state index in [-0.39, 0.29) is 0 Å². The molecule has 0 radical (unpaired) electrons. The van der Waals surface area contributed by atoms with Crippen molar-refractivity contribution in [3.05, 3.63) is 88.4 Å². The van der Waals surface area contributed by atoms with Gasteiger partial charge in [-0.15, -0.1) is 0 Å². The number of nitriles is 1. The summed E-state index contributed by atoms with van der Waals surface area (Å²) in [6.45, 7) is 3.64. The van der Waals surface area contributed by atoms with Crippen LogP contribution in [0, 0.1) is 11.3 Å². The fourth-order valence-corrected chi connectivity index (χ4v) is 6.53. The van der Waals surface area contributed by atoms with Gasteiger partial charge in [0.1, 0.15) is 10.6 Å². The van der Waals surface area contributed by atoms with Crippen molar-refractivity contribution in [1.29, 1.82) is 5.26 Å². The second-order valence-corrected chi connectivity index (χ2v) is 11.3. The number of allylic oxidation sites excluding steroid dienone is 3. The fourth-order valence-electron chi connectivity index (χ4n) is 4.47. The number of aromatic amines is 1. The third kappa shape index (κ3) is 3.47. The Bertz CT molecular complexity index is 1640. The van der Waals surface area contributed by atoms with Crippen molar-refractivity contribution in [1.82, 2.24) is 13.9 Å². The van der Waals surface area contributed by atoms with Gasteiger partial charge >= 0.3 is 0 Å². The van der Waals surface area contributed by atoms with Gasteiger partial charge in [0.25, 0.3) is 0 Å². The van der Waals surface area contributed by atoms with E-state index >= 15 is 0 Å². The average molecular weight is 477 g/mol. The van der Waals surface area contributed by atoms with Crippen molar-refractivity contribution < 1.29 is 8.42 Å². The highest BCUT2D eigenvalue weighted by Crippen LogP contribution is 2.36. The Balaban J connectivity index is 1.59. The Morgan fingerprint density at radius 3 is 2.85 bits per heavy atom. The average Bonchev–Trinajstić information content (AvgIpc) is 3.40. The van der Waals surface area contributed by atoms with Gasteiger partial charge in [-0.3, -0.25) is 0 Å². The van der Waals surface area contributed by atoms with Crippen LogP contribution in [0.1, 0.15) is 37.2 Å². The number of imidazole rings is 1. The first kappa shape index (κ1) is 21.5. The molecule has 1 aliphatic rings. The molecule has 0 aliphatic heterocycles. The maximum absolute atomic E-state index is 13.7. The highest BCUT2D eigenvalue weighted by Gasteiger charge is 2.39. The molecule has 166 valence electrons. The minimum atomic E-state index is -3.77. The number of H-pyrrole nitrogens is 1. The molecule has 1 aliphatic carbocycles. The summed E-state index contributed by atoms with van der Waals surface area (Å²) in [4.78, 5) is 7.88. The summed E-state index contributed by atoms with van der Waals surface area (Å²) in [6.07, 6.45) is 8.07. The summed E-state index contributed by atoms with van der Waals surface area (Å²) >= 11 is 6.53. The molecular weight excluding hydrogens is 456 g/mol. The third-order valence-electron chi connectivity index (χ3n) is 6.16. The number of nitrogens with zero attached hydrogens (tertiary/aromatic N) is 3. The minimum Gasteiger partial charge on any atom is -0.342 e. The molecule has 0 bridgehead atoms. The molecule has 0 spiro atoms. The van der Waals surface area contributed by atoms with Gasteiger partial charge in [-0.25, -0.2) is 17.4 Å². The lowest BCUT2D eigenvalue weighted by Gasteiger charge is -2.28. The van der Waals surface area contributed by atoms with Crippen molar-refractivity contribution in [2.24, 2.45) is 0 Å². The van der Waals surface area contributed by atoms with Crippen LogP contribution in [0.3, 0.4) is 0 Å². The molecule has 33 heavy (non-hydrogen) atoms. The lowest BCUT2D eigenvalue weighted by Crippen LogP contribution is -2.38. The molecular formula is C25H21ClN4O2S. The third-order valence-corrected chi connectivity index (χ3v) is 8.75. The highest BCUT2D eigenvalue weighted by molar-refractivity contribution is 7.91. The van der Waals surface area contributed by atoms with E-state index in [2.05, 4.69) is 16.0 Å². The number of hydrogen-bond donors (Lipinski definition) is 1. The number of hydrogen-bond acceptors (Lipinski definition) is 4. The quantitative estimate of drug-likeness (QED) is 0.422. The van der Waals surface area contributed by atoms with Crippen LogP contribution in [0.5, 0.6) is 0 Å². The molecule has 4 aromatic rings. The van der Waals surface area contributed by atoms with Crippen LogP contribution < -0.4 is 0 Å². The zero-order chi connectivity index (χ0) is 23.4. The van der Waals surface area contributed by atoms with Crippen LogP contribution in [0.15, 0.2) is 66.4 Å². The van der Waals surface area contributed by atoms with Gasteiger partial charge in [0.15, 0.2) is 0 Å². The lowest BCUT2D eigenvalue weighted by atomic mass is 9.98. The Hall–Kier alpha value is -3.34. The van der Waals surface area contributed by atoms with Gasteiger partial charge in [0.2, 0.25) is 10.0 Å². The summed E-state index contributed by atoms with van der Waals surface area (Å²) in [7, 11) is -3.77. The largest absolute Gasteiger partial charge is 0.342 e. The Kier molecular flexibility index (Phi) is 4.96. The molecule has 1 unspecified atom stereocenters. The van der Waals surface area contributed by atoms with E-state index in [0.717, 1.165) is 33.4 Å². The first-order valence-corrected chi connectivity index (χ1v) is 12.3. The first-order valence-electron chi connectivity index (χ1n) is 10.5. The summed E-state index contributed by atoms with van der Waals surface area (Å²) in [5, 5.41) is 10.3. The van der Waals surface area contributed by atoms with Crippen LogP contribution >= 0.6 is 11.6 Å². The minimum absolute atomic E-state index is 0.376. The van der Waals surface area contributed by atoms with Crippen LogP contribution in [-0.4, -0.2) is 27.1 Å². The van der Waals surface area contributed by atoms with Crippen molar-refractivity contribution in [2.75, 3.05) is 0 Å². The molecule has 0 amide bonds. The number of aromatic nitrogens is 3. The van der Waals surface area contributed by atoms with Crippen LogP contribution in [0.4, 0.5) is 0 Å². The van der Waals surface area contributed by atoms with Crippen LogP contribution in [0.25, 0.3) is 21.9 Å². The highest BCUT2D eigenvalue weighted by atomic mass is 35.5. The molecule has 1 atom stereocenters. The van der Waals surface area contributed by atoms with E-state index in [1.54, 1.807) is 43.5 Å². The summed E-state index contributed by atoms with van der Waals surface area (Å²) in [5.74, 6) is 0.724. The molecule has 8 heteroatoms. The second-order valence-electron chi connectivity index (χ2n) is 8.60. The number of benzene rings is 2. The number of halogens is 1. The lowest BCUT2D eigenvalue weighted by molar-refractivity contribution is 0.554. The van der Waals surface area contributed by atoms with Crippen molar-refractivity contribution >= 4 is 43.6 Å². The fraction of sp³-hybridized carbons (Fsp3) is 0.200. The number of nitrogens with one attached hydrogen (secondary N) is 1. The zero-order valence-electron chi connectivity index (χ0n) is 18.1. The summed E-state index contributed by atoms with van der Waals surface area (Å²) < 4.78 is 27.7. The maximum atomic E-state index is 13.7. The van der Waals surface area contributed by atoms with Crippen LogP contribution in [-0.2, 0) is 16.4 Å².